The second kappa shape index (κ2) is 5.29. The van der Waals surface area contributed by atoms with Crippen LogP contribution in [0.5, 0.6) is 0 Å². The third-order valence-corrected chi connectivity index (χ3v) is 5.55. The number of hydrogen-bond donors (Lipinski definition) is 1. The number of halogens is 1. The van der Waals surface area contributed by atoms with Crippen molar-refractivity contribution in [2.24, 2.45) is 5.92 Å². The van der Waals surface area contributed by atoms with Crippen LogP contribution >= 0.6 is 22.9 Å². The van der Waals surface area contributed by atoms with E-state index in [0.29, 0.717) is 6.04 Å². The van der Waals surface area contributed by atoms with Gasteiger partial charge in [-0.25, -0.2) is 0 Å². The molecule has 0 bridgehead atoms. The molecule has 1 N–H and O–H groups in total. The minimum atomic E-state index is 0.572. The Balaban J connectivity index is 1.63. The minimum Gasteiger partial charge on any atom is -0.310 e. The molecule has 1 heterocycles. The Bertz CT molecular complexity index is 382. The first-order chi connectivity index (χ1) is 8.33. The summed E-state index contributed by atoms with van der Waals surface area (Å²) < 4.78 is 0.963. The van der Waals surface area contributed by atoms with E-state index in [0.717, 1.165) is 10.3 Å². The summed E-state index contributed by atoms with van der Waals surface area (Å²) in [5, 5.41) is 3.78. The molecule has 1 unspecified atom stereocenters. The van der Waals surface area contributed by atoms with Gasteiger partial charge in [0.2, 0.25) is 0 Å². The van der Waals surface area contributed by atoms with Gasteiger partial charge in [-0.2, -0.15) is 0 Å². The molecule has 1 atom stereocenters. The molecule has 0 radical (unpaired) electrons. The normalized spacial score (nSPS) is 25.1. The van der Waals surface area contributed by atoms with Crippen molar-refractivity contribution in [3.63, 3.8) is 0 Å². The number of hydrogen-bond acceptors (Lipinski definition) is 2. The lowest BCUT2D eigenvalue weighted by Crippen LogP contribution is -2.28. The standard InChI is InChI=1S/C14H20ClNS/c15-14-8-11-12(6-3-7-13(11)17-14)16-9-10-4-1-2-5-10/h8,10,12,16H,1-7,9H2. The Kier molecular flexibility index (Phi) is 3.74. The van der Waals surface area contributed by atoms with Crippen LogP contribution in [0.3, 0.4) is 0 Å². The highest BCUT2D eigenvalue weighted by Gasteiger charge is 2.23. The summed E-state index contributed by atoms with van der Waals surface area (Å²) in [5.41, 5.74) is 1.49. The van der Waals surface area contributed by atoms with Crippen molar-refractivity contribution in [1.82, 2.24) is 5.32 Å². The summed E-state index contributed by atoms with van der Waals surface area (Å²) >= 11 is 7.91. The van der Waals surface area contributed by atoms with Gasteiger partial charge in [0, 0.05) is 10.9 Å². The largest absolute Gasteiger partial charge is 0.310 e. The van der Waals surface area contributed by atoms with Crippen molar-refractivity contribution in [1.29, 1.82) is 0 Å². The van der Waals surface area contributed by atoms with Gasteiger partial charge in [0.15, 0.2) is 0 Å². The molecule has 2 aliphatic carbocycles. The molecule has 0 aromatic carbocycles. The van der Waals surface area contributed by atoms with Gasteiger partial charge in [0.1, 0.15) is 0 Å². The Morgan fingerprint density at radius 3 is 2.88 bits per heavy atom. The molecule has 2 aliphatic rings. The van der Waals surface area contributed by atoms with E-state index in [9.17, 15) is 0 Å². The van der Waals surface area contributed by atoms with Gasteiger partial charge >= 0.3 is 0 Å². The van der Waals surface area contributed by atoms with Crippen molar-refractivity contribution >= 4 is 22.9 Å². The van der Waals surface area contributed by atoms with E-state index in [4.69, 9.17) is 11.6 Å². The fraction of sp³-hybridized carbons (Fsp3) is 0.714. The van der Waals surface area contributed by atoms with Crippen molar-refractivity contribution in [3.05, 3.63) is 20.8 Å². The van der Waals surface area contributed by atoms with Gasteiger partial charge in [-0.15, -0.1) is 11.3 Å². The molecule has 1 aromatic rings. The average Bonchev–Trinajstić information content (AvgIpc) is 2.93. The maximum Gasteiger partial charge on any atom is 0.0934 e. The average molecular weight is 270 g/mol. The molecule has 3 rings (SSSR count). The van der Waals surface area contributed by atoms with Crippen LogP contribution in [0.2, 0.25) is 4.34 Å². The number of fused-ring (bicyclic) bond motifs is 1. The zero-order valence-corrected chi connectivity index (χ0v) is 11.7. The molecule has 0 amide bonds. The monoisotopic (exact) mass is 269 g/mol. The number of aryl methyl sites for hydroxylation is 1. The Labute approximate surface area is 113 Å². The molecule has 0 spiro atoms. The predicted molar refractivity (Wildman–Crippen MR) is 75.0 cm³/mol. The van der Waals surface area contributed by atoms with Crippen LogP contribution < -0.4 is 5.32 Å². The maximum absolute atomic E-state index is 6.13. The van der Waals surface area contributed by atoms with Gasteiger partial charge < -0.3 is 5.32 Å². The molecule has 94 valence electrons. The van der Waals surface area contributed by atoms with Crippen LogP contribution in [0.1, 0.15) is 55.0 Å². The van der Waals surface area contributed by atoms with E-state index in [1.165, 1.54) is 61.9 Å². The second-order valence-corrected chi connectivity index (χ2v) is 7.20. The summed E-state index contributed by atoms with van der Waals surface area (Å²) in [6.07, 6.45) is 9.56. The van der Waals surface area contributed by atoms with Gasteiger partial charge in [-0.3, -0.25) is 0 Å². The van der Waals surface area contributed by atoms with Gasteiger partial charge in [-0.1, -0.05) is 24.4 Å². The number of rotatable bonds is 3. The van der Waals surface area contributed by atoms with Gasteiger partial charge in [0.05, 0.1) is 4.34 Å². The van der Waals surface area contributed by atoms with Crippen molar-refractivity contribution in [2.45, 2.75) is 51.0 Å². The third-order valence-electron chi connectivity index (χ3n) is 4.21. The molecule has 1 fully saturated rings. The van der Waals surface area contributed by atoms with E-state index in [-0.39, 0.29) is 0 Å². The quantitative estimate of drug-likeness (QED) is 0.848. The fourth-order valence-corrected chi connectivity index (χ4v) is 4.64. The van der Waals surface area contributed by atoms with Crippen molar-refractivity contribution < 1.29 is 0 Å². The first-order valence-corrected chi connectivity index (χ1v) is 8.04. The first kappa shape index (κ1) is 12.0. The highest BCUT2D eigenvalue weighted by Crippen LogP contribution is 2.38. The van der Waals surface area contributed by atoms with E-state index < -0.39 is 0 Å². The van der Waals surface area contributed by atoms with E-state index >= 15 is 0 Å². The van der Waals surface area contributed by atoms with Crippen LogP contribution in [0.25, 0.3) is 0 Å². The molecule has 0 aliphatic heterocycles. The van der Waals surface area contributed by atoms with E-state index in [2.05, 4.69) is 11.4 Å². The third kappa shape index (κ3) is 2.69. The zero-order valence-electron chi connectivity index (χ0n) is 10.2. The van der Waals surface area contributed by atoms with E-state index in [1.807, 2.05) is 0 Å². The molecular formula is C14H20ClNS. The highest BCUT2D eigenvalue weighted by molar-refractivity contribution is 7.16. The topological polar surface area (TPSA) is 12.0 Å². The minimum absolute atomic E-state index is 0.572. The molecule has 1 saturated carbocycles. The fourth-order valence-electron chi connectivity index (χ4n) is 3.26. The predicted octanol–water partition coefficient (Wildman–Crippen LogP) is 4.56. The van der Waals surface area contributed by atoms with Crippen LogP contribution in [0.15, 0.2) is 6.07 Å². The molecular weight excluding hydrogens is 250 g/mol. The lowest BCUT2D eigenvalue weighted by molar-refractivity contribution is 0.406. The number of thiophene rings is 1. The molecule has 3 heteroatoms. The Hall–Kier alpha value is -0.0500. The molecule has 17 heavy (non-hydrogen) atoms. The van der Waals surface area contributed by atoms with Crippen LogP contribution in [-0.4, -0.2) is 6.54 Å². The van der Waals surface area contributed by atoms with Gasteiger partial charge in [-0.05, 0) is 56.2 Å². The lowest BCUT2D eigenvalue weighted by Gasteiger charge is -2.25. The molecule has 1 aromatic heterocycles. The summed E-state index contributed by atoms with van der Waals surface area (Å²) in [6.45, 7) is 1.21. The summed E-state index contributed by atoms with van der Waals surface area (Å²) in [5.74, 6) is 0.925. The van der Waals surface area contributed by atoms with Crippen LogP contribution in [-0.2, 0) is 6.42 Å². The number of nitrogens with one attached hydrogen (secondary N) is 1. The highest BCUT2D eigenvalue weighted by atomic mass is 35.5. The Morgan fingerprint density at radius 1 is 1.24 bits per heavy atom. The lowest BCUT2D eigenvalue weighted by atomic mass is 9.93. The van der Waals surface area contributed by atoms with E-state index in [1.54, 1.807) is 11.3 Å². The summed E-state index contributed by atoms with van der Waals surface area (Å²) in [7, 11) is 0. The molecule has 1 nitrogen and oxygen atoms in total. The molecule has 0 saturated heterocycles. The van der Waals surface area contributed by atoms with Gasteiger partial charge in [0.25, 0.3) is 0 Å². The Morgan fingerprint density at radius 2 is 2.06 bits per heavy atom. The zero-order chi connectivity index (χ0) is 11.7. The smallest absolute Gasteiger partial charge is 0.0934 e. The van der Waals surface area contributed by atoms with Crippen LogP contribution in [0.4, 0.5) is 0 Å². The van der Waals surface area contributed by atoms with Crippen molar-refractivity contribution in [2.75, 3.05) is 6.54 Å². The first-order valence-electron chi connectivity index (χ1n) is 6.84. The summed E-state index contributed by atoms with van der Waals surface area (Å²) in [4.78, 5) is 1.52. The second-order valence-electron chi connectivity index (χ2n) is 5.43. The van der Waals surface area contributed by atoms with Crippen molar-refractivity contribution in [3.8, 4) is 0 Å². The van der Waals surface area contributed by atoms with Crippen LogP contribution in [0, 0.1) is 5.92 Å². The maximum atomic E-state index is 6.13. The SMILES string of the molecule is Clc1cc2c(s1)CCCC2NCC1CCCC1. The summed E-state index contributed by atoms with van der Waals surface area (Å²) in [6, 6.07) is 2.76.